The highest BCUT2D eigenvalue weighted by atomic mass is 28.4. The maximum Gasteiger partial charge on any atom is 0.372 e. The summed E-state index contributed by atoms with van der Waals surface area (Å²) < 4.78 is 11.7. The second kappa shape index (κ2) is 7.55. The number of aryl methyl sites for hydroxylation is 2. The summed E-state index contributed by atoms with van der Waals surface area (Å²) in [5.41, 5.74) is 2.78. The van der Waals surface area contributed by atoms with Crippen molar-refractivity contribution in [3.8, 4) is 0 Å². The zero-order valence-electron chi connectivity index (χ0n) is 13.1. The van der Waals surface area contributed by atoms with Crippen LogP contribution in [0.5, 0.6) is 0 Å². The molecule has 112 valence electrons. The largest absolute Gasteiger partial charge is 0.394 e. The zero-order chi connectivity index (χ0) is 15.1. The second-order valence-electron chi connectivity index (χ2n) is 5.31. The molecule has 0 atom stereocenters. The van der Waals surface area contributed by atoms with Gasteiger partial charge in [0.25, 0.3) is 0 Å². The van der Waals surface area contributed by atoms with Crippen molar-refractivity contribution in [1.82, 2.24) is 0 Å². The van der Waals surface area contributed by atoms with E-state index < -0.39 is 8.56 Å². The van der Waals surface area contributed by atoms with Crippen molar-refractivity contribution >= 4 is 13.7 Å². The van der Waals surface area contributed by atoms with E-state index in [-0.39, 0.29) is 0 Å². The molecule has 0 saturated heterocycles. The third kappa shape index (κ3) is 3.82. The molecule has 2 rings (SSSR count). The highest BCUT2D eigenvalue weighted by Crippen LogP contribution is 2.18. The lowest BCUT2D eigenvalue weighted by Crippen LogP contribution is -2.52. The average molecular weight is 300 g/mol. The Morgan fingerprint density at radius 2 is 1.48 bits per heavy atom. The van der Waals surface area contributed by atoms with Gasteiger partial charge in [-0.25, -0.2) is 0 Å². The van der Waals surface area contributed by atoms with E-state index in [0.29, 0.717) is 0 Å². The number of rotatable bonds is 7. The first kappa shape index (κ1) is 16.0. The molecule has 0 spiro atoms. The Labute approximate surface area is 129 Å². The van der Waals surface area contributed by atoms with E-state index >= 15 is 0 Å². The van der Waals surface area contributed by atoms with Gasteiger partial charge in [-0.3, -0.25) is 0 Å². The van der Waals surface area contributed by atoms with E-state index in [2.05, 4.69) is 55.5 Å². The fourth-order valence-corrected chi connectivity index (χ4v) is 5.44. The van der Waals surface area contributed by atoms with Crippen LogP contribution in [-0.2, 0) is 15.3 Å². The Balaban J connectivity index is 2.06. The Kier molecular flexibility index (Phi) is 5.73. The highest BCUT2D eigenvalue weighted by molar-refractivity contribution is 6.81. The third-order valence-corrected chi connectivity index (χ3v) is 7.63. The summed E-state index contributed by atoms with van der Waals surface area (Å²) in [6, 6.07) is 19.9. The van der Waals surface area contributed by atoms with Crippen LogP contribution in [-0.4, -0.2) is 22.8 Å². The molecule has 0 aliphatic carbocycles. The predicted molar refractivity (Wildman–Crippen MR) is 90.2 cm³/mol. The molecule has 0 saturated carbocycles. The van der Waals surface area contributed by atoms with E-state index in [4.69, 9.17) is 8.85 Å². The maximum absolute atomic E-state index is 5.86. The summed E-state index contributed by atoms with van der Waals surface area (Å²) in [6.45, 7) is 2.17. The first-order chi connectivity index (χ1) is 10.2. The molecule has 3 heteroatoms. The highest BCUT2D eigenvalue weighted by Gasteiger charge is 2.37. The quantitative estimate of drug-likeness (QED) is 0.728. The van der Waals surface area contributed by atoms with Crippen LogP contribution in [0.3, 0.4) is 0 Å². The maximum atomic E-state index is 5.86. The Bertz CT molecular complexity index is 550. The SMILES string of the molecule is CO[Si](CCCc1ccccc1C)(OC)c1ccccc1. The molecule has 2 aromatic carbocycles. The van der Waals surface area contributed by atoms with Gasteiger partial charge >= 0.3 is 8.56 Å². The first-order valence-electron chi connectivity index (χ1n) is 7.42. The molecule has 0 aliphatic rings. The molecule has 0 amide bonds. The van der Waals surface area contributed by atoms with Crippen LogP contribution in [0.2, 0.25) is 6.04 Å². The Hall–Kier alpha value is -1.42. The second-order valence-corrected chi connectivity index (χ2v) is 8.71. The lowest BCUT2D eigenvalue weighted by molar-refractivity contribution is 0.256. The van der Waals surface area contributed by atoms with Crippen LogP contribution >= 0.6 is 0 Å². The van der Waals surface area contributed by atoms with E-state index in [1.165, 1.54) is 16.3 Å². The van der Waals surface area contributed by atoms with Crippen LogP contribution in [0.15, 0.2) is 54.6 Å². The van der Waals surface area contributed by atoms with Gasteiger partial charge in [0.05, 0.1) is 0 Å². The summed E-state index contributed by atoms with van der Waals surface area (Å²) in [4.78, 5) is 0. The monoisotopic (exact) mass is 300 g/mol. The van der Waals surface area contributed by atoms with Crippen molar-refractivity contribution in [2.45, 2.75) is 25.8 Å². The van der Waals surface area contributed by atoms with Crippen molar-refractivity contribution in [3.05, 3.63) is 65.7 Å². The molecule has 0 radical (unpaired) electrons. The molecule has 0 fully saturated rings. The molecule has 0 aliphatic heterocycles. The molecular weight excluding hydrogens is 276 g/mol. The van der Waals surface area contributed by atoms with Crippen molar-refractivity contribution < 1.29 is 8.85 Å². The van der Waals surface area contributed by atoms with Gasteiger partial charge in [0, 0.05) is 14.2 Å². The van der Waals surface area contributed by atoms with Crippen molar-refractivity contribution in [3.63, 3.8) is 0 Å². The van der Waals surface area contributed by atoms with E-state index in [0.717, 1.165) is 18.9 Å². The fraction of sp³-hybridized carbons (Fsp3) is 0.333. The molecule has 0 bridgehead atoms. The zero-order valence-corrected chi connectivity index (χ0v) is 14.1. The summed E-state index contributed by atoms with van der Waals surface area (Å²) in [5, 5.41) is 1.21. The normalized spacial score (nSPS) is 11.6. The molecular formula is C18H24O2Si. The van der Waals surface area contributed by atoms with E-state index in [9.17, 15) is 0 Å². The average Bonchev–Trinajstić information content (AvgIpc) is 2.54. The van der Waals surface area contributed by atoms with Crippen LogP contribution in [0.4, 0.5) is 0 Å². The summed E-state index contributed by atoms with van der Waals surface area (Å²) in [7, 11) is 1.26. The van der Waals surface area contributed by atoms with Gasteiger partial charge in [-0.05, 0) is 42.1 Å². The molecule has 2 aromatic rings. The van der Waals surface area contributed by atoms with Gasteiger partial charge < -0.3 is 8.85 Å². The fourth-order valence-electron chi connectivity index (χ4n) is 2.76. The minimum Gasteiger partial charge on any atom is -0.394 e. The smallest absolute Gasteiger partial charge is 0.372 e. The van der Waals surface area contributed by atoms with Gasteiger partial charge in [0.1, 0.15) is 0 Å². The number of hydrogen-bond donors (Lipinski definition) is 0. The van der Waals surface area contributed by atoms with Crippen LogP contribution < -0.4 is 5.19 Å². The summed E-state index contributed by atoms with van der Waals surface area (Å²) in [5.74, 6) is 0. The molecule has 0 unspecified atom stereocenters. The van der Waals surface area contributed by atoms with Crippen LogP contribution in [0, 0.1) is 6.92 Å². The molecule has 2 nitrogen and oxygen atoms in total. The lowest BCUT2D eigenvalue weighted by atomic mass is 10.1. The Morgan fingerprint density at radius 1 is 0.857 bits per heavy atom. The lowest BCUT2D eigenvalue weighted by Gasteiger charge is -2.27. The van der Waals surface area contributed by atoms with Gasteiger partial charge in [-0.2, -0.15) is 0 Å². The summed E-state index contributed by atoms with van der Waals surface area (Å²) >= 11 is 0. The summed E-state index contributed by atoms with van der Waals surface area (Å²) in [6.07, 6.45) is 2.15. The number of hydrogen-bond acceptors (Lipinski definition) is 2. The first-order valence-corrected chi connectivity index (χ1v) is 9.44. The number of benzene rings is 2. The van der Waals surface area contributed by atoms with Crippen LogP contribution in [0.25, 0.3) is 0 Å². The van der Waals surface area contributed by atoms with Crippen molar-refractivity contribution in [2.24, 2.45) is 0 Å². The molecule has 0 N–H and O–H groups in total. The van der Waals surface area contributed by atoms with Crippen molar-refractivity contribution in [2.75, 3.05) is 14.2 Å². The standard InChI is InChI=1S/C18H24O2Si/c1-16-10-7-8-11-17(16)12-9-15-21(19-2,20-3)18-13-5-4-6-14-18/h4-8,10-11,13-14H,9,12,15H2,1-3H3. The third-order valence-electron chi connectivity index (χ3n) is 4.09. The minimum atomic E-state index is -2.29. The van der Waals surface area contributed by atoms with Gasteiger partial charge in [-0.1, -0.05) is 54.6 Å². The van der Waals surface area contributed by atoms with Gasteiger partial charge in [0.15, 0.2) is 0 Å². The molecule has 21 heavy (non-hydrogen) atoms. The predicted octanol–water partition coefficient (Wildman–Crippen LogP) is 3.57. The van der Waals surface area contributed by atoms with E-state index in [1.54, 1.807) is 14.2 Å². The van der Waals surface area contributed by atoms with Gasteiger partial charge in [-0.15, -0.1) is 0 Å². The minimum absolute atomic E-state index is 0.971. The van der Waals surface area contributed by atoms with Crippen LogP contribution in [0.1, 0.15) is 17.5 Å². The van der Waals surface area contributed by atoms with Gasteiger partial charge in [0.2, 0.25) is 0 Å². The van der Waals surface area contributed by atoms with Crippen molar-refractivity contribution in [1.29, 1.82) is 0 Å². The Morgan fingerprint density at radius 3 is 2.10 bits per heavy atom. The molecule has 0 aromatic heterocycles. The molecule has 0 heterocycles. The topological polar surface area (TPSA) is 18.5 Å². The van der Waals surface area contributed by atoms with E-state index in [1.807, 2.05) is 6.07 Å².